The first kappa shape index (κ1) is 7.44. The molecule has 0 atom stereocenters. The average molecular weight is 183 g/mol. The van der Waals surface area contributed by atoms with Crippen LogP contribution in [0.2, 0.25) is 0 Å². The van der Waals surface area contributed by atoms with Crippen molar-refractivity contribution in [3.05, 3.63) is 48.7 Å². The molecule has 0 saturated heterocycles. The maximum Gasteiger partial charge on any atom is 0.0943 e. The van der Waals surface area contributed by atoms with E-state index in [-0.39, 0.29) is 0 Å². The van der Waals surface area contributed by atoms with Crippen LogP contribution in [0.3, 0.4) is 0 Å². The fraction of sp³-hybridized carbons (Fsp3) is 0. The molecule has 0 bridgehead atoms. The van der Waals surface area contributed by atoms with Crippen molar-refractivity contribution >= 4 is 21.7 Å². The second-order valence-corrected chi connectivity index (χ2v) is 3.38. The predicted molar refractivity (Wildman–Crippen MR) is 56.6 cm³/mol. The Bertz CT molecular complexity index is 610. The fourth-order valence-corrected chi connectivity index (χ4v) is 1.89. The third-order valence-corrected chi connectivity index (χ3v) is 2.56. The molecule has 0 fully saturated rings. The Labute approximate surface area is 81.0 Å². The maximum absolute atomic E-state index is 9.63. The Hall–Kier alpha value is -1.96. The van der Waals surface area contributed by atoms with Gasteiger partial charge in [-0.25, -0.2) is 0 Å². The van der Waals surface area contributed by atoms with Crippen LogP contribution in [0.5, 0.6) is 0 Å². The molecule has 14 heavy (non-hydrogen) atoms. The highest BCUT2D eigenvalue weighted by atomic mass is 16.5. The Morgan fingerprint density at radius 1 is 0.857 bits per heavy atom. The second-order valence-electron chi connectivity index (χ2n) is 3.38. The molecule has 1 heterocycles. The molecule has 2 nitrogen and oxygen atoms in total. The van der Waals surface area contributed by atoms with E-state index in [9.17, 15) is 5.21 Å². The fourth-order valence-electron chi connectivity index (χ4n) is 1.89. The van der Waals surface area contributed by atoms with Crippen LogP contribution in [0, 0.1) is 0 Å². The van der Waals surface area contributed by atoms with Crippen LogP contribution in [0.25, 0.3) is 21.7 Å². The smallest absolute Gasteiger partial charge is 0.0943 e. The van der Waals surface area contributed by atoms with Crippen LogP contribution in [0.4, 0.5) is 0 Å². The molecule has 0 spiro atoms. The molecule has 0 aliphatic rings. The monoisotopic (exact) mass is 183 g/mol. The van der Waals surface area contributed by atoms with Gasteiger partial charge >= 0.3 is 0 Å². The molecular weight excluding hydrogens is 174 g/mol. The highest BCUT2D eigenvalue weighted by Gasteiger charge is 2.03. The normalized spacial score (nSPS) is 11.1. The summed E-state index contributed by atoms with van der Waals surface area (Å²) in [4.78, 5) is 0. The van der Waals surface area contributed by atoms with E-state index in [0.29, 0.717) is 0 Å². The molecule has 0 aliphatic carbocycles. The number of fused-ring (bicyclic) bond motifs is 3. The van der Waals surface area contributed by atoms with Crippen molar-refractivity contribution in [1.29, 1.82) is 0 Å². The first-order valence-electron chi connectivity index (χ1n) is 4.54. The van der Waals surface area contributed by atoms with Gasteiger partial charge in [-0.1, -0.05) is 36.4 Å². The third kappa shape index (κ3) is 0.852. The van der Waals surface area contributed by atoms with Crippen molar-refractivity contribution in [3.8, 4) is 0 Å². The van der Waals surface area contributed by atoms with Crippen LogP contribution in [0.15, 0.2) is 48.7 Å². The van der Waals surface area contributed by atoms with Crippen LogP contribution >= 0.6 is 0 Å². The molecule has 1 N–H and O–H groups in total. The minimum absolute atomic E-state index is 0.878. The Morgan fingerprint density at radius 2 is 1.64 bits per heavy atom. The first-order chi connectivity index (χ1) is 6.86. The quantitative estimate of drug-likeness (QED) is 0.532. The Kier molecular flexibility index (Phi) is 1.34. The third-order valence-electron chi connectivity index (χ3n) is 2.56. The van der Waals surface area contributed by atoms with Gasteiger partial charge in [0, 0.05) is 17.0 Å². The number of aromatic nitrogens is 1. The lowest BCUT2D eigenvalue weighted by atomic mass is 10.1. The SMILES string of the molecule is On1ccc2ccc3ccccc3c21. The van der Waals surface area contributed by atoms with Crippen molar-refractivity contribution in [1.82, 2.24) is 4.73 Å². The van der Waals surface area contributed by atoms with E-state index >= 15 is 0 Å². The summed E-state index contributed by atoms with van der Waals surface area (Å²) in [6, 6.07) is 14.0. The molecule has 3 rings (SSSR count). The summed E-state index contributed by atoms with van der Waals surface area (Å²) in [7, 11) is 0. The van der Waals surface area contributed by atoms with Crippen molar-refractivity contribution < 1.29 is 5.21 Å². The number of hydrogen-bond donors (Lipinski definition) is 1. The van der Waals surface area contributed by atoms with E-state index in [1.807, 2.05) is 36.4 Å². The van der Waals surface area contributed by atoms with E-state index in [4.69, 9.17) is 0 Å². The summed E-state index contributed by atoms with van der Waals surface area (Å²) in [5.41, 5.74) is 0.878. The van der Waals surface area contributed by atoms with Gasteiger partial charge in [0.1, 0.15) is 0 Å². The van der Waals surface area contributed by atoms with E-state index in [1.165, 1.54) is 4.73 Å². The van der Waals surface area contributed by atoms with Gasteiger partial charge in [-0.2, -0.15) is 4.73 Å². The number of hydrogen-bond acceptors (Lipinski definition) is 1. The zero-order valence-electron chi connectivity index (χ0n) is 7.51. The molecule has 2 heteroatoms. The highest BCUT2D eigenvalue weighted by Crippen LogP contribution is 2.24. The van der Waals surface area contributed by atoms with E-state index in [0.717, 1.165) is 21.7 Å². The number of rotatable bonds is 0. The van der Waals surface area contributed by atoms with Crippen molar-refractivity contribution in [3.63, 3.8) is 0 Å². The van der Waals surface area contributed by atoms with E-state index in [2.05, 4.69) is 6.07 Å². The van der Waals surface area contributed by atoms with Crippen LogP contribution in [-0.2, 0) is 0 Å². The molecular formula is C12H9NO. The molecule has 0 unspecified atom stereocenters. The molecule has 0 amide bonds. The summed E-state index contributed by atoms with van der Waals surface area (Å²) >= 11 is 0. The molecule has 3 aromatic rings. The van der Waals surface area contributed by atoms with Gasteiger partial charge in [-0.05, 0) is 11.5 Å². The largest absolute Gasteiger partial charge is 0.428 e. The van der Waals surface area contributed by atoms with E-state index < -0.39 is 0 Å². The van der Waals surface area contributed by atoms with E-state index in [1.54, 1.807) is 6.20 Å². The standard InChI is InChI=1S/C12H9NO/c14-13-8-7-10-6-5-9-3-1-2-4-11(9)12(10)13/h1-8,14H. The van der Waals surface area contributed by atoms with Crippen LogP contribution in [0.1, 0.15) is 0 Å². The number of benzene rings is 2. The van der Waals surface area contributed by atoms with Gasteiger partial charge in [-0.15, -0.1) is 0 Å². The van der Waals surface area contributed by atoms with Gasteiger partial charge in [0.25, 0.3) is 0 Å². The van der Waals surface area contributed by atoms with Gasteiger partial charge < -0.3 is 5.21 Å². The zero-order valence-corrected chi connectivity index (χ0v) is 7.51. The number of nitrogens with zero attached hydrogens (tertiary/aromatic N) is 1. The Balaban J connectivity index is 2.65. The van der Waals surface area contributed by atoms with Crippen molar-refractivity contribution in [2.24, 2.45) is 0 Å². The van der Waals surface area contributed by atoms with Gasteiger partial charge in [0.05, 0.1) is 5.52 Å². The summed E-state index contributed by atoms with van der Waals surface area (Å²) in [6.07, 6.45) is 1.66. The molecule has 68 valence electrons. The predicted octanol–water partition coefficient (Wildman–Crippen LogP) is 3.03. The lowest BCUT2D eigenvalue weighted by Crippen LogP contribution is -1.86. The van der Waals surface area contributed by atoms with Gasteiger partial charge in [0.2, 0.25) is 0 Å². The minimum atomic E-state index is 0.878. The van der Waals surface area contributed by atoms with Crippen molar-refractivity contribution in [2.75, 3.05) is 0 Å². The van der Waals surface area contributed by atoms with Crippen LogP contribution in [-0.4, -0.2) is 9.94 Å². The van der Waals surface area contributed by atoms with Gasteiger partial charge in [-0.3, -0.25) is 0 Å². The highest BCUT2D eigenvalue weighted by molar-refractivity contribution is 6.05. The Morgan fingerprint density at radius 3 is 2.57 bits per heavy atom. The minimum Gasteiger partial charge on any atom is -0.428 e. The molecule has 0 aliphatic heterocycles. The lowest BCUT2D eigenvalue weighted by Gasteiger charge is -2.00. The molecule has 0 radical (unpaired) electrons. The summed E-state index contributed by atoms with van der Waals surface area (Å²) in [5, 5.41) is 12.9. The molecule has 2 aromatic carbocycles. The first-order valence-corrected chi connectivity index (χ1v) is 4.54. The summed E-state index contributed by atoms with van der Waals surface area (Å²) < 4.78 is 1.18. The topological polar surface area (TPSA) is 25.2 Å². The second kappa shape index (κ2) is 2.51. The zero-order chi connectivity index (χ0) is 9.54. The molecule has 1 aromatic heterocycles. The molecule has 0 saturated carbocycles. The van der Waals surface area contributed by atoms with Gasteiger partial charge in [0.15, 0.2) is 0 Å². The van der Waals surface area contributed by atoms with Crippen LogP contribution < -0.4 is 0 Å². The summed E-state index contributed by atoms with van der Waals surface area (Å²) in [6.45, 7) is 0. The average Bonchev–Trinajstić information content (AvgIpc) is 2.61. The maximum atomic E-state index is 9.63. The summed E-state index contributed by atoms with van der Waals surface area (Å²) in [5.74, 6) is 0. The van der Waals surface area contributed by atoms with Crippen molar-refractivity contribution in [2.45, 2.75) is 0 Å². The lowest BCUT2D eigenvalue weighted by molar-refractivity contribution is 0.201.